The fourth-order valence-corrected chi connectivity index (χ4v) is 2.37. The lowest BCUT2D eigenvalue weighted by Crippen LogP contribution is -2.23. The molecule has 0 aliphatic carbocycles. The van der Waals surface area contributed by atoms with Gasteiger partial charge in [0.2, 0.25) is 0 Å². The van der Waals surface area contributed by atoms with Crippen molar-refractivity contribution in [2.45, 2.75) is 12.8 Å². The van der Waals surface area contributed by atoms with E-state index >= 15 is 0 Å². The first-order valence-electron chi connectivity index (χ1n) is 8.88. The predicted molar refractivity (Wildman–Crippen MR) is 104 cm³/mol. The molecule has 0 radical (unpaired) electrons. The van der Waals surface area contributed by atoms with Gasteiger partial charge in [0, 0.05) is 18.8 Å². The maximum absolute atomic E-state index is 13.2. The number of carbonyl (C=O) groups is 2. The quantitative estimate of drug-likeness (QED) is 0.249. The van der Waals surface area contributed by atoms with Crippen LogP contribution in [0.2, 0.25) is 0 Å². The number of allylic oxidation sites excluding steroid dienone is 2. The van der Waals surface area contributed by atoms with Crippen molar-refractivity contribution in [2.75, 3.05) is 7.05 Å². The van der Waals surface area contributed by atoms with Gasteiger partial charge in [-0.2, -0.15) is 22.0 Å². The molecule has 0 saturated heterocycles. The third-order valence-electron chi connectivity index (χ3n) is 3.76. The fourth-order valence-electron chi connectivity index (χ4n) is 2.37. The standard InChI is InChI=1S/C21H17F5N2O4/c1-27-10-8-14(9-11-29)28-19(30)17-12-13(21(24,25)26)2-7-18(17)31-15-3-5-16(6-4-15)32-20(22)23/h2-12,20,27H,1H3,(H,28,30)/b10-8-,14-9+. The number of aldehydes is 1. The summed E-state index contributed by atoms with van der Waals surface area (Å²) in [5.41, 5.74) is -1.55. The summed E-state index contributed by atoms with van der Waals surface area (Å²) in [6.07, 6.45) is -0.622. The van der Waals surface area contributed by atoms with Gasteiger partial charge in [-0.1, -0.05) is 0 Å². The highest BCUT2D eigenvalue weighted by Gasteiger charge is 2.32. The van der Waals surface area contributed by atoms with Gasteiger partial charge in [0.15, 0.2) is 0 Å². The maximum atomic E-state index is 13.2. The molecule has 0 fully saturated rings. The molecule has 0 unspecified atom stereocenters. The van der Waals surface area contributed by atoms with Gasteiger partial charge in [-0.15, -0.1) is 0 Å². The molecule has 0 saturated carbocycles. The van der Waals surface area contributed by atoms with Crippen molar-refractivity contribution in [3.8, 4) is 17.2 Å². The fraction of sp³-hybridized carbons (Fsp3) is 0.143. The third kappa shape index (κ3) is 7.11. The van der Waals surface area contributed by atoms with Crippen LogP contribution >= 0.6 is 0 Å². The van der Waals surface area contributed by atoms with E-state index in [4.69, 9.17) is 4.74 Å². The van der Waals surface area contributed by atoms with E-state index < -0.39 is 29.8 Å². The topological polar surface area (TPSA) is 76.7 Å². The predicted octanol–water partition coefficient (Wildman–Crippen LogP) is 4.64. The van der Waals surface area contributed by atoms with Crippen molar-refractivity contribution in [1.29, 1.82) is 0 Å². The van der Waals surface area contributed by atoms with E-state index in [1.54, 1.807) is 7.05 Å². The molecule has 0 heterocycles. The Morgan fingerprint density at radius 1 is 1.06 bits per heavy atom. The van der Waals surface area contributed by atoms with Crippen molar-refractivity contribution < 1.29 is 41.0 Å². The minimum Gasteiger partial charge on any atom is -0.457 e. The lowest BCUT2D eigenvalue weighted by atomic mass is 10.1. The van der Waals surface area contributed by atoms with Crippen LogP contribution in [0.15, 0.2) is 66.5 Å². The average molecular weight is 456 g/mol. The Kier molecular flexibility index (Phi) is 8.33. The molecule has 32 heavy (non-hydrogen) atoms. The SMILES string of the molecule is CN/C=C\C(=C/C=O)NC(=O)c1cc(C(F)(F)F)ccc1Oc1ccc(OC(F)F)cc1. The first-order chi connectivity index (χ1) is 15.1. The second-order valence-electron chi connectivity index (χ2n) is 5.99. The molecule has 170 valence electrons. The molecule has 2 rings (SSSR count). The molecule has 6 nitrogen and oxygen atoms in total. The number of benzene rings is 2. The minimum absolute atomic E-state index is 0.0104. The number of carbonyl (C=O) groups excluding carboxylic acids is 2. The van der Waals surface area contributed by atoms with E-state index in [2.05, 4.69) is 15.4 Å². The third-order valence-corrected chi connectivity index (χ3v) is 3.76. The van der Waals surface area contributed by atoms with Gasteiger partial charge in [-0.25, -0.2) is 0 Å². The van der Waals surface area contributed by atoms with Crippen molar-refractivity contribution in [2.24, 2.45) is 0 Å². The second-order valence-corrected chi connectivity index (χ2v) is 5.99. The summed E-state index contributed by atoms with van der Waals surface area (Å²) in [6.45, 7) is -3.03. The normalized spacial score (nSPS) is 12.0. The van der Waals surface area contributed by atoms with Crippen molar-refractivity contribution in [3.05, 3.63) is 77.6 Å². The Morgan fingerprint density at radius 2 is 1.72 bits per heavy atom. The van der Waals surface area contributed by atoms with Gasteiger partial charge in [-0.05, 0) is 54.7 Å². The smallest absolute Gasteiger partial charge is 0.416 e. The summed E-state index contributed by atoms with van der Waals surface area (Å²) in [5, 5.41) is 4.96. The Bertz CT molecular complexity index is 1000. The Labute approximate surface area is 179 Å². The zero-order chi connectivity index (χ0) is 23.7. The van der Waals surface area contributed by atoms with Gasteiger partial charge in [0.05, 0.1) is 11.1 Å². The number of hydrogen-bond acceptors (Lipinski definition) is 5. The zero-order valence-electron chi connectivity index (χ0n) is 16.5. The van der Waals surface area contributed by atoms with Gasteiger partial charge in [0.25, 0.3) is 5.91 Å². The summed E-state index contributed by atoms with van der Waals surface area (Å²) in [4.78, 5) is 23.5. The molecule has 0 aromatic heterocycles. The largest absolute Gasteiger partial charge is 0.457 e. The average Bonchev–Trinajstić information content (AvgIpc) is 2.72. The summed E-state index contributed by atoms with van der Waals surface area (Å²) in [7, 11) is 1.56. The highest BCUT2D eigenvalue weighted by atomic mass is 19.4. The monoisotopic (exact) mass is 456 g/mol. The van der Waals surface area contributed by atoms with Crippen molar-refractivity contribution in [1.82, 2.24) is 10.6 Å². The summed E-state index contributed by atoms with van der Waals surface area (Å²) >= 11 is 0. The number of alkyl halides is 5. The molecular weight excluding hydrogens is 439 g/mol. The molecule has 0 bridgehead atoms. The van der Waals surface area contributed by atoms with E-state index in [1.807, 2.05) is 0 Å². The van der Waals surface area contributed by atoms with E-state index in [9.17, 15) is 31.5 Å². The van der Waals surface area contributed by atoms with Crippen LogP contribution in [0.25, 0.3) is 0 Å². The summed E-state index contributed by atoms with van der Waals surface area (Å²) in [6, 6.07) is 7.09. The first kappa shape index (κ1) is 24.4. The summed E-state index contributed by atoms with van der Waals surface area (Å²) < 4.78 is 73.7. The van der Waals surface area contributed by atoms with Gasteiger partial charge in [-0.3, -0.25) is 9.59 Å². The van der Waals surface area contributed by atoms with Gasteiger partial charge >= 0.3 is 12.8 Å². The first-order valence-corrected chi connectivity index (χ1v) is 8.88. The Hall–Kier alpha value is -3.89. The van der Waals surface area contributed by atoms with Crippen LogP contribution in [0.1, 0.15) is 15.9 Å². The highest BCUT2D eigenvalue weighted by Crippen LogP contribution is 2.34. The van der Waals surface area contributed by atoms with Gasteiger partial charge < -0.3 is 20.1 Å². The molecule has 2 N–H and O–H groups in total. The number of amides is 1. The van der Waals surface area contributed by atoms with E-state index in [0.717, 1.165) is 18.2 Å². The van der Waals surface area contributed by atoms with Crippen molar-refractivity contribution in [3.63, 3.8) is 0 Å². The molecular formula is C21H17F5N2O4. The molecule has 0 atom stereocenters. The Morgan fingerprint density at radius 3 is 2.28 bits per heavy atom. The number of halogens is 5. The number of rotatable bonds is 9. The molecule has 1 amide bonds. The van der Waals surface area contributed by atoms with Crippen molar-refractivity contribution >= 4 is 12.2 Å². The minimum atomic E-state index is -4.73. The van der Waals surface area contributed by atoms with Crippen LogP contribution < -0.4 is 20.1 Å². The van der Waals surface area contributed by atoms with E-state index in [0.29, 0.717) is 12.4 Å². The number of nitrogens with one attached hydrogen (secondary N) is 2. The second kappa shape index (κ2) is 10.9. The lowest BCUT2D eigenvalue weighted by molar-refractivity contribution is -0.137. The molecule has 0 spiro atoms. The van der Waals surface area contributed by atoms with Crippen LogP contribution in [-0.4, -0.2) is 25.9 Å². The molecule has 2 aromatic rings. The molecule has 11 heteroatoms. The molecule has 0 aliphatic rings. The number of ether oxygens (including phenoxy) is 2. The van der Waals surface area contributed by atoms with Crippen LogP contribution in [0.5, 0.6) is 17.2 Å². The van der Waals surface area contributed by atoms with Gasteiger partial charge in [0.1, 0.15) is 23.5 Å². The maximum Gasteiger partial charge on any atom is 0.416 e. The van der Waals surface area contributed by atoms with E-state index in [1.165, 1.54) is 36.5 Å². The molecule has 0 aliphatic heterocycles. The number of hydrogen-bond donors (Lipinski definition) is 2. The lowest BCUT2D eigenvalue weighted by Gasteiger charge is -2.15. The zero-order valence-corrected chi connectivity index (χ0v) is 16.5. The molecule has 2 aromatic carbocycles. The summed E-state index contributed by atoms with van der Waals surface area (Å²) in [5.74, 6) is -1.31. The van der Waals surface area contributed by atoms with Crippen LogP contribution in [0.4, 0.5) is 22.0 Å². The van der Waals surface area contributed by atoms with Crippen LogP contribution in [0.3, 0.4) is 0 Å². The Balaban J connectivity index is 2.38. The van der Waals surface area contributed by atoms with Crippen LogP contribution in [0, 0.1) is 0 Å². The van der Waals surface area contributed by atoms with E-state index in [-0.39, 0.29) is 22.9 Å². The highest BCUT2D eigenvalue weighted by molar-refractivity contribution is 5.98. The van der Waals surface area contributed by atoms with Crippen LogP contribution in [-0.2, 0) is 11.0 Å².